The fourth-order valence-electron chi connectivity index (χ4n) is 4.88. The lowest BCUT2D eigenvalue weighted by Crippen LogP contribution is -2.35. The molecule has 0 saturated carbocycles. The molecule has 1 N–H and O–H groups in total. The maximum atomic E-state index is 12.3. The van der Waals surface area contributed by atoms with Gasteiger partial charge in [-0.25, -0.2) is 8.42 Å². The Morgan fingerprint density at radius 2 is 1.65 bits per heavy atom. The second kappa shape index (κ2) is 7.87. The number of anilines is 1. The van der Waals surface area contributed by atoms with Crippen LogP contribution in [0.5, 0.6) is 0 Å². The van der Waals surface area contributed by atoms with Crippen molar-refractivity contribution in [3.8, 4) is 0 Å². The van der Waals surface area contributed by atoms with E-state index in [0.717, 1.165) is 19.1 Å². The van der Waals surface area contributed by atoms with Crippen LogP contribution in [0.15, 0.2) is 24.3 Å². The van der Waals surface area contributed by atoms with Gasteiger partial charge in [-0.1, -0.05) is 18.6 Å². The minimum atomic E-state index is -3.28. The zero-order chi connectivity index (χ0) is 18.0. The van der Waals surface area contributed by atoms with Crippen molar-refractivity contribution in [1.29, 1.82) is 0 Å². The van der Waals surface area contributed by atoms with E-state index in [0.29, 0.717) is 18.3 Å². The monoisotopic (exact) mass is 377 g/mol. The van der Waals surface area contributed by atoms with Gasteiger partial charge in [0.05, 0.1) is 5.75 Å². The maximum absolute atomic E-state index is 12.3. The van der Waals surface area contributed by atoms with Gasteiger partial charge in [0.15, 0.2) is 0 Å². The molecule has 144 valence electrons. The minimum absolute atomic E-state index is 0.173. The lowest BCUT2D eigenvalue weighted by Gasteiger charge is -2.34. The molecule has 4 rings (SSSR count). The molecule has 0 aliphatic carbocycles. The van der Waals surface area contributed by atoms with Crippen molar-refractivity contribution in [3.63, 3.8) is 0 Å². The minimum Gasteiger partial charge on any atom is -0.302 e. The van der Waals surface area contributed by atoms with Crippen molar-refractivity contribution in [2.75, 3.05) is 36.7 Å². The van der Waals surface area contributed by atoms with Crippen molar-refractivity contribution in [2.24, 2.45) is 0 Å². The average Bonchev–Trinajstić information content (AvgIpc) is 3.30. The van der Waals surface area contributed by atoms with Crippen LogP contribution in [0, 0.1) is 0 Å². The molecule has 0 spiro atoms. The highest BCUT2D eigenvalue weighted by molar-refractivity contribution is 7.92. The molecule has 0 unspecified atom stereocenters. The van der Waals surface area contributed by atoms with Crippen LogP contribution >= 0.6 is 0 Å². The lowest BCUT2D eigenvalue weighted by molar-refractivity contribution is 0.150. The number of sulfonamides is 1. The first kappa shape index (κ1) is 18.3. The summed E-state index contributed by atoms with van der Waals surface area (Å²) < 4.78 is 27.4. The molecule has 0 amide bonds. The number of likely N-dealkylation sites (tertiary alicyclic amines) is 1. The van der Waals surface area contributed by atoms with Gasteiger partial charge >= 0.3 is 0 Å². The van der Waals surface area contributed by atoms with Gasteiger partial charge in [-0.2, -0.15) is 0 Å². The van der Waals surface area contributed by atoms with E-state index in [2.05, 4.69) is 26.7 Å². The summed E-state index contributed by atoms with van der Waals surface area (Å²) in [6, 6.07) is 9.36. The molecule has 3 fully saturated rings. The Morgan fingerprint density at radius 3 is 2.42 bits per heavy atom. The molecular formula is C20H31N3O2S. The molecule has 0 radical (unpaired) electrons. The van der Waals surface area contributed by atoms with Gasteiger partial charge in [0.1, 0.15) is 0 Å². The summed E-state index contributed by atoms with van der Waals surface area (Å²) in [7, 11) is -3.28. The quantitative estimate of drug-likeness (QED) is 0.827. The van der Waals surface area contributed by atoms with E-state index in [-0.39, 0.29) is 5.75 Å². The number of hydrogen-bond donors (Lipinski definition) is 1. The molecule has 0 aromatic heterocycles. The summed E-state index contributed by atoms with van der Waals surface area (Å²) in [5, 5.41) is 0. The summed E-state index contributed by atoms with van der Waals surface area (Å²) in [5.74, 6) is 0.173. The first-order valence-corrected chi connectivity index (χ1v) is 11.8. The van der Waals surface area contributed by atoms with Gasteiger partial charge in [-0.05, 0) is 75.9 Å². The van der Waals surface area contributed by atoms with Crippen LogP contribution in [0.3, 0.4) is 0 Å². The maximum Gasteiger partial charge on any atom is 0.233 e. The highest BCUT2D eigenvalue weighted by atomic mass is 32.2. The van der Waals surface area contributed by atoms with Gasteiger partial charge in [-0.15, -0.1) is 0 Å². The van der Waals surface area contributed by atoms with E-state index in [9.17, 15) is 8.42 Å². The van der Waals surface area contributed by atoms with Crippen molar-refractivity contribution >= 4 is 15.7 Å². The van der Waals surface area contributed by atoms with E-state index in [1.165, 1.54) is 57.1 Å². The van der Waals surface area contributed by atoms with E-state index in [4.69, 9.17) is 0 Å². The van der Waals surface area contributed by atoms with Crippen LogP contribution < -0.4 is 4.72 Å². The topological polar surface area (TPSA) is 52.7 Å². The molecule has 5 nitrogen and oxygen atoms in total. The number of nitrogens with one attached hydrogen (secondary N) is 1. The van der Waals surface area contributed by atoms with Crippen molar-refractivity contribution < 1.29 is 8.42 Å². The first-order chi connectivity index (χ1) is 12.6. The van der Waals surface area contributed by atoms with E-state index in [1.807, 2.05) is 12.1 Å². The lowest BCUT2D eigenvalue weighted by atomic mass is 10.0. The molecule has 26 heavy (non-hydrogen) atoms. The third-order valence-corrected chi connectivity index (χ3v) is 7.56. The SMILES string of the molecule is O=S(=O)(CCN1CCCC1)Nc1ccc([C@H]2CC[C@H]3CCCCN32)cc1. The molecule has 1 aromatic carbocycles. The van der Waals surface area contributed by atoms with E-state index in [1.54, 1.807) is 0 Å². The van der Waals surface area contributed by atoms with Gasteiger partial charge < -0.3 is 4.90 Å². The highest BCUT2D eigenvalue weighted by Crippen LogP contribution is 2.40. The van der Waals surface area contributed by atoms with E-state index < -0.39 is 10.0 Å². The first-order valence-electron chi connectivity index (χ1n) is 10.2. The van der Waals surface area contributed by atoms with Crippen molar-refractivity contribution in [2.45, 2.75) is 57.0 Å². The van der Waals surface area contributed by atoms with Crippen LogP contribution in [0.2, 0.25) is 0 Å². The standard InChI is InChI=1S/C20H31N3O2S/c24-26(25,16-15-22-12-3-4-13-22)21-18-8-6-17(7-9-18)20-11-10-19-5-1-2-14-23(19)20/h6-9,19-21H,1-5,10-16H2/t19-,20-/m1/s1. The molecule has 2 atom stereocenters. The summed E-state index contributed by atoms with van der Waals surface area (Å²) in [6.45, 7) is 3.90. The normalized spacial score (nSPS) is 27.5. The predicted molar refractivity (Wildman–Crippen MR) is 106 cm³/mol. The highest BCUT2D eigenvalue weighted by Gasteiger charge is 2.35. The number of piperidine rings is 1. The fraction of sp³-hybridized carbons (Fsp3) is 0.700. The largest absolute Gasteiger partial charge is 0.302 e. The number of rotatable bonds is 6. The molecule has 1 aromatic rings. The van der Waals surface area contributed by atoms with Crippen LogP contribution in [0.25, 0.3) is 0 Å². The number of hydrogen-bond acceptors (Lipinski definition) is 4. The molecule has 3 saturated heterocycles. The van der Waals surface area contributed by atoms with Gasteiger partial charge in [0, 0.05) is 24.3 Å². The van der Waals surface area contributed by atoms with Crippen LogP contribution in [-0.4, -0.2) is 56.2 Å². The Kier molecular flexibility index (Phi) is 5.53. The molecular weight excluding hydrogens is 346 g/mol. The average molecular weight is 378 g/mol. The molecule has 3 aliphatic rings. The van der Waals surface area contributed by atoms with Crippen molar-refractivity contribution in [1.82, 2.24) is 9.80 Å². The van der Waals surface area contributed by atoms with Crippen LogP contribution in [0.4, 0.5) is 5.69 Å². The second-order valence-corrected chi connectivity index (χ2v) is 9.91. The summed E-state index contributed by atoms with van der Waals surface area (Å²) >= 11 is 0. The van der Waals surface area contributed by atoms with Gasteiger partial charge in [-0.3, -0.25) is 9.62 Å². The third kappa shape index (κ3) is 4.24. The summed E-state index contributed by atoms with van der Waals surface area (Å²) in [6.07, 6.45) is 8.92. The van der Waals surface area contributed by atoms with Crippen LogP contribution in [0.1, 0.15) is 56.6 Å². The Morgan fingerprint density at radius 1 is 0.923 bits per heavy atom. The Hall–Kier alpha value is -1.11. The van der Waals surface area contributed by atoms with Gasteiger partial charge in [0.25, 0.3) is 0 Å². The third-order valence-electron chi connectivity index (χ3n) is 6.29. The van der Waals surface area contributed by atoms with E-state index >= 15 is 0 Å². The summed E-state index contributed by atoms with van der Waals surface area (Å²) in [5.41, 5.74) is 2.01. The Balaban J connectivity index is 1.35. The second-order valence-electron chi connectivity index (χ2n) is 8.07. The Labute approximate surface area is 157 Å². The van der Waals surface area contributed by atoms with Crippen LogP contribution in [-0.2, 0) is 10.0 Å². The number of fused-ring (bicyclic) bond motifs is 1. The summed E-state index contributed by atoms with van der Waals surface area (Å²) in [4.78, 5) is 4.90. The number of benzene rings is 1. The number of nitrogens with zero attached hydrogens (tertiary/aromatic N) is 2. The molecule has 6 heteroatoms. The zero-order valence-electron chi connectivity index (χ0n) is 15.6. The molecule has 3 aliphatic heterocycles. The van der Waals surface area contributed by atoms with Gasteiger partial charge in [0.2, 0.25) is 10.0 Å². The zero-order valence-corrected chi connectivity index (χ0v) is 16.4. The molecule has 3 heterocycles. The molecule has 0 bridgehead atoms. The van der Waals surface area contributed by atoms with Crippen molar-refractivity contribution in [3.05, 3.63) is 29.8 Å². The fourth-order valence-corrected chi connectivity index (χ4v) is 5.97. The predicted octanol–water partition coefficient (Wildman–Crippen LogP) is 3.21. The Bertz CT molecular complexity index is 698. The smallest absolute Gasteiger partial charge is 0.233 e.